The zero-order valence-corrected chi connectivity index (χ0v) is 11.0. The minimum Gasteiger partial charge on any atom is -0.352 e. The molecule has 0 unspecified atom stereocenters. The van der Waals surface area contributed by atoms with Crippen molar-refractivity contribution >= 4 is 5.91 Å². The Hall–Kier alpha value is -1.86. The number of amides is 1. The molecule has 0 saturated heterocycles. The molecule has 19 heavy (non-hydrogen) atoms. The van der Waals surface area contributed by atoms with Gasteiger partial charge in [0.2, 0.25) is 0 Å². The monoisotopic (exact) mass is 257 g/mol. The summed E-state index contributed by atoms with van der Waals surface area (Å²) in [6.45, 7) is 1.01. The Morgan fingerprint density at radius 2 is 2.37 bits per heavy atom. The largest absolute Gasteiger partial charge is 0.352 e. The Labute approximate surface area is 113 Å². The number of pyridine rings is 1. The summed E-state index contributed by atoms with van der Waals surface area (Å²) >= 11 is 0. The Morgan fingerprint density at radius 3 is 3.05 bits per heavy atom. The minimum atomic E-state index is -0.0805. The molecule has 0 atom stereocenters. The first-order chi connectivity index (χ1) is 9.31. The summed E-state index contributed by atoms with van der Waals surface area (Å²) in [4.78, 5) is 16.1. The van der Waals surface area contributed by atoms with Gasteiger partial charge in [0.15, 0.2) is 0 Å². The molecule has 1 saturated carbocycles. The molecule has 1 aliphatic rings. The summed E-state index contributed by atoms with van der Waals surface area (Å²) in [6, 6.07) is 1.69. The quantitative estimate of drug-likeness (QED) is 0.799. The lowest BCUT2D eigenvalue weighted by molar-refractivity contribution is 0.0948. The van der Waals surface area contributed by atoms with E-state index in [0.717, 1.165) is 18.9 Å². The first-order valence-corrected chi connectivity index (χ1v) is 6.72. The predicted octanol–water partition coefficient (Wildman–Crippen LogP) is 1.31. The molecule has 1 aromatic rings. The fourth-order valence-electron chi connectivity index (χ4n) is 2.10. The minimum absolute atomic E-state index is 0.0805. The van der Waals surface area contributed by atoms with Gasteiger partial charge in [0, 0.05) is 18.9 Å². The number of hydrogen-bond donors (Lipinski definition) is 2. The summed E-state index contributed by atoms with van der Waals surface area (Å²) in [7, 11) is 0. The van der Waals surface area contributed by atoms with E-state index < -0.39 is 0 Å². The van der Waals surface area contributed by atoms with Crippen LogP contribution >= 0.6 is 0 Å². The molecule has 1 fully saturated rings. The lowest BCUT2D eigenvalue weighted by Gasteiger charge is -2.25. The number of rotatable bonds is 4. The Balaban J connectivity index is 1.93. The first kappa shape index (κ1) is 13.6. The molecule has 0 bridgehead atoms. The van der Waals surface area contributed by atoms with Crippen LogP contribution in [-0.2, 0) is 0 Å². The van der Waals surface area contributed by atoms with E-state index in [1.807, 2.05) is 0 Å². The van der Waals surface area contributed by atoms with Gasteiger partial charge in [-0.05, 0) is 18.4 Å². The molecule has 4 heteroatoms. The third kappa shape index (κ3) is 3.80. The van der Waals surface area contributed by atoms with Crippen molar-refractivity contribution in [1.82, 2.24) is 10.3 Å². The van der Waals surface area contributed by atoms with Crippen molar-refractivity contribution in [1.29, 1.82) is 0 Å². The van der Waals surface area contributed by atoms with Crippen molar-refractivity contribution in [2.24, 2.45) is 11.7 Å². The maximum atomic E-state index is 12.1. The van der Waals surface area contributed by atoms with Gasteiger partial charge in [0.25, 0.3) is 5.91 Å². The van der Waals surface area contributed by atoms with Crippen molar-refractivity contribution in [3.05, 3.63) is 29.6 Å². The zero-order valence-electron chi connectivity index (χ0n) is 11.0. The van der Waals surface area contributed by atoms with Gasteiger partial charge in [-0.3, -0.25) is 9.78 Å². The lowest BCUT2D eigenvalue weighted by Crippen LogP contribution is -2.28. The SMILES string of the molecule is NCC#Cc1cnccc1C(=O)NCCC1CCC1. The molecule has 100 valence electrons. The van der Waals surface area contributed by atoms with Crippen LogP contribution in [0.15, 0.2) is 18.5 Å². The number of nitrogens with zero attached hydrogens (tertiary/aromatic N) is 1. The van der Waals surface area contributed by atoms with Crippen molar-refractivity contribution in [3.8, 4) is 11.8 Å². The maximum absolute atomic E-state index is 12.1. The Kier molecular flexibility index (Phi) is 4.93. The molecule has 0 radical (unpaired) electrons. The van der Waals surface area contributed by atoms with E-state index >= 15 is 0 Å². The predicted molar refractivity (Wildman–Crippen MR) is 74.5 cm³/mol. The van der Waals surface area contributed by atoms with E-state index in [2.05, 4.69) is 22.1 Å². The van der Waals surface area contributed by atoms with Crippen LogP contribution in [0.3, 0.4) is 0 Å². The molecule has 0 spiro atoms. The standard InChI is InChI=1S/C15H19N3O/c16-8-2-5-13-11-17-9-7-14(13)15(19)18-10-6-12-3-1-4-12/h7,9,11-12H,1,3-4,6,8,10,16H2,(H,18,19). The highest BCUT2D eigenvalue weighted by Crippen LogP contribution is 2.28. The number of nitrogens with two attached hydrogens (primary N) is 1. The second-order valence-corrected chi connectivity index (χ2v) is 4.77. The summed E-state index contributed by atoms with van der Waals surface area (Å²) in [5.41, 5.74) is 6.55. The van der Waals surface area contributed by atoms with Gasteiger partial charge in [-0.2, -0.15) is 0 Å². The van der Waals surface area contributed by atoms with Crippen LogP contribution in [0, 0.1) is 17.8 Å². The average molecular weight is 257 g/mol. The van der Waals surface area contributed by atoms with Gasteiger partial charge in [-0.1, -0.05) is 31.1 Å². The van der Waals surface area contributed by atoms with Gasteiger partial charge >= 0.3 is 0 Å². The van der Waals surface area contributed by atoms with Crippen LogP contribution in [0.1, 0.15) is 41.6 Å². The molecule has 4 nitrogen and oxygen atoms in total. The molecule has 0 aromatic carbocycles. The molecule has 1 aromatic heterocycles. The maximum Gasteiger partial charge on any atom is 0.252 e. The fraction of sp³-hybridized carbons (Fsp3) is 0.467. The van der Waals surface area contributed by atoms with Crippen molar-refractivity contribution in [3.63, 3.8) is 0 Å². The third-order valence-corrected chi connectivity index (χ3v) is 3.45. The highest BCUT2D eigenvalue weighted by molar-refractivity contribution is 5.96. The average Bonchev–Trinajstić information content (AvgIpc) is 2.39. The molecule has 1 aliphatic carbocycles. The Morgan fingerprint density at radius 1 is 1.53 bits per heavy atom. The molecule has 0 aliphatic heterocycles. The van der Waals surface area contributed by atoms with Gasteiger partial charge in [-0.15, -0.1) is 0 Å². The van der Waals surface area contributed by atoms with Gasteiger partial charge in [0.1, 0.15) is 0 Å². The first-order valence-electron chi connectivity index (χ1n) is 6.72. The topological polar surface area (TPSA) is 68.0 Å². The number of carbonyl (C=O) groups is 1. The molecule has 1 amide bonds. The molecule has 2 rings (SSSR count). The molecular weight excluding hydrogens is 238 g/mol. The lowest BCUT2D eigenvalue weighted by atomic mass is 9.83. The number of nitrogens with one attached hydrogen (secondary N) is 1. The zero-order chi connectivity index (χ0) is 13.5. The van der Waals surface area contributed by atoms with Crippen LogP contribution in [-0.4, -0.2) is 24.0 Å². The van der Waals surface area contributed by atoms with Crippen molar-refractivity contribution < 1.29 is 4.79 Å². The van der Waals surface area contributed by atoms with Crippen molar-refractivity contribution in [2.45, 2.75) is 25.7 Å². The summed E-state index contributed by atoms with van der Waals surface area (Å²) in [6.07, 6.45) is 8.22. The number of hydrogen-bond acceptors (Lipinski definition) is 3. The van der Waals surface area contributed by atoms with Gasteiger partial charge < -0.3 is 11.1 Å². The van der Waals surface area contributed by atoms with Gasteiger partial charge in [-0.25, -0.2) is 0 Å². The van der Waals surface area contributed by atoms with Crippen LogP contribution in [0.2, 0.25) is 0 Å². The second-order valence-electron chi connectivity index (χ2n) is 4.77. The van der Waals surface area contributed by atoms with E-state index in [0.29, 0.717) is 11.1 Å². The molecule has 3 N–H and O–H groups in total. The fourth-order valence-corrected chi connectivity index (χ4v) is 2.10. The summed E-state index contributed by atoms with van der Waals surface area (Å²) in [5, 5.41) is 2.95. The second kappa shape index (κ2) is 6.91. The van der Waals surface area contributed by atoms with Crippen molar-refractivity contribution in [2.75, 3.05) is 13.1 Å². The van der Waals surface area contributed by atoms with E-state index in [4.69, 9.17) is 5.73 Å². The van der Waals surface area contributed by atoms with E-state index in [9.17, 15) is 4.79 Å². The highest BCUT2D eigenvalue weighted by Gasteiger charge is 2.17. The number of carbonyl (C=O) groups excluding carboxylic acids is 1. The highest BCUT2D eigenvalue weighted by atomic mass is 16.1. The normalized spacial score (nSPS) is 14.2. The molecular formula is C15H19N3O. The van der Waals surface area contributed by atoms with E-state index in [-0.39, 0.29) is 12.5 Å². The Bertz CT molecular complexity index is 498. The van der Waals surface area contributed by atoms with Crippen LogP contribution in [0.25, 0.3) is 0 Å². The summed E-state index contributed by atoms with van der Waals surface area (Å²) in [5.74, 6) is 6.35. The van der Waals surface area contributed by atoms with E-state index in [1.54, 1.807) is 18.5 Å². The third-order valence-electron chi connectivity index (χ3n) is 3.45. The van der Waals surface area contributed by atoms with E-state index in [1.165, 1.54) is 19.3 Å². The summed E-state index contributed by atoms with van der Waals surface area (Å²) < 4.78 is 0. The number of aromatic nitrogens is 1. The van der Waals surface area contributed by atoms with Gasteiger partial charge in [0.05, 0.1) is 17.7 Å². The van der Waals surface area contributed by atoms with Crippen LogP contribution < -0.4 is 11.1 Å². The smallest absolute Gasteiger partial charge is 0.252 e. The van der Waals surface area contributed by atoms with Crippen LogP contribution in [0.5, 0.6) is 0 Å². The molecule has 1 heterocycles. The van der Waals surface area contributed by atoms with Crippen LogP contribution in [0.4, 0.5) is 0 Å².